The number of rotatable bonds is 7. The summed E-state index contributed by atoms with van der Waals surface area (Å²) in [7, 11) is 1.94. The molecule has 1 aromatic carbocycles. The van der Waals surface area contributed by atoms with Gasteiger partial charge in [-0.1, -0.05) is 19.1 Å². The fraction of sp³-hybridized carbons (Fsp3) is 0.550. The fourth-order valence-electron chi connectivity index (χ4n) is 3.58. The summed E-state index contributed by atoms with van der Waals surface area (Å²) >= 11 is 0. The summed E-state index contributed by atoms with van der Waals surface area (Å²) in [4.78, 5) is 6.75. The Hall–Kier alpha value is -1.85. The molecule has 5 nitrogen and oxygen atoms in total. The second kappa shape index (κ2) is 8.50. The fourth-order valence-corrected chi connectivity index (χ4v) is 3.58. The quantitative estimate of drug-likeness (QED) is 0.839. The van der Waals surface area contributed by atoms with Crippen molar-refractivity contribution in [2.24, 2.45) is 13.0 Å². The van der Waals surface area contributed by atoms with Gasteiger partial charge in [-0.2, -0.15) is 0 Å². The zero-order valence-corrected chi connectivity index (χ0v) is 15.3. The molecule has 5 heteroatoms. The maximum atomic E-state index is 10.7. The van der Waals surface area contributed by atoms with E-state index in [9.17, 15) is 5.11 Å². The maximum Gasteiger partial charge on any atom is 0.137 e. The SMILES string of the molecule is CCCOc1cccc(CN2CCCC(C(O)c3nccn3C)C2)c1. The summed E-state index contributed by atoms with van der Waals surface area (Å²) < 4.78 is 7.65. The number of ether oxygens (including phenoxy) is 1. The van der Waals surface area contributed by atoms with Gasteiger partial charge in [0.15, 0.2) is 0 Å². The minimum atomic E-state index is -0.498. The highest BCUT2D eigenvalue weighted by molar-refractivity contribution is 5.28. The molecule has 0 aliphatic carbocycles. The third-order valence-electron chi connectivity index (χ3n) is 4.89. The highest BCUT2D eigenvalue weighted by atomic mass is 16.5. The predicted molar refractivity (Wildman–Crippen MR) is 98.4 cm³/mol. The molecule has 1 aliphatic heterocycles. The molecule has 25 heavy (non-hydrogen) atoms. The van der Waals surface area contributed by atoms with Crippen molar-refractivity contribution in [2.75, 3.05) is 19.7 Å². The number of nitrogens with zero attached hydrogens (tertiary/aromatic N) is 3. The molecule has 0 saturated carbocycles. The van der Waals surface area contributed by atoms with Crippen molar-refractivity contribution in [3.8, 4) is 5.75 Å². The van der Waals surface area contributed by atoms with E-state index >= 15 is 0 Å². The summed E-state index contributed by atoms with van der Waals surface area (Å²) in [5.41, 5.74) is 1.26. The van der Waals surface area contributed by atoms with E-state index in [1.54, 1.807) is 6.20 Å². The van der Waals surface area contributed by atoms with Crippen LogP contribution < -0.4 is 4.74 Å². The van der Waals surface area contributed by atoms with E-state index in [2.05, 4.69) is 35.0 Å². The first-order valence-electron chi connectivity index (χ1n) is 9.26. The molecule has 3 rings (SSSR count). The predicted octanol–water partition coefficient (Wildman–Crippen LogP) is 3.15. The first-order valence-corrected chi connectivity index (χ1v) is 9.26. The van der Waals surface area contributed by atoms with E-state index in [1.807, 2.05) is 23.9 Å². The van der Waals surface area contributed by atoms with Gasteiger partial charge < -0.3 is 14.4 Å². The van der Waals surface area contributed by atoms with Crippen LogP contribution >= 0.6 is 0 Å². The van der Waals surface area contributed by atoms with Crippen LogP contribution in [0.4, 0.5) is 0 Å². The van der Waals surface area contributed by atoms with E-state index in [0.29, 0.717) is 0 Å². The summed E-state index contributed by atoms with van der Waals surface area (Å²) in [5, 5.41) is 10.7. The van der Waals surface area contributed by atoms with E-state index in [0.717, 1.165) is 57.1 Å². The molecule has 1 aromatic heterocycles. The number of aromatic nitrogens is 2. The van der Waals surface area contributed by atoms with Gasteiger partial charge in [0, 0.05) is 38.4 Å². The van der Waals surface area contributed by atoms with Crippen LogP contribution in [0.5, 0.6) is 5.75 Å². The number of benzene rings is 1. The Kier molecular flexibility index (Phi) is 6.10. The van der Waals surface area contributed by atoms with Gasteiger partial charge in [0.1, 0.15) is 17.7 Å². The molecule has 2 aromatic rings. The Morgan fingerprint density at radius 1 is 1.40 bits per heavy atom. The molecule has 1 N–H and O–H groups in total. The zero-order chi connectivity index (χ0) is 17.6. The molecule has 1 fully saturated rings. The molecular formula is C20H29N3O2. The number of piperidine rings is 1. The van der Waals surface area contributed by atoms with Gasteiger partial charge in [-0.3, -0.25) is 4.90 Å². The van der Waals surface area contributed by atoms with Crippen molar-refractivity contribution >= 4 is 0 Å². The lowest BCUT2D eigenvalue weighted by atomic mass is 9.91. The minimum Gasteiger partial charge on any atom is -0.494 e. The maximum absolute atomic E-state index is 10.7. The van der Waals surface area contributed by atoms with Crippen LogP contribution in [0.2, 0.25) is 0 Å². The number of aliphatic hydroxyl groups excluding tert-OH is 1. The van der Waals surface area contributed by atoms with E-state index in [-0.39, 0.29) is 5.92 Å². The third kappa shape index (κ3) is 4.61. The van der Waals surface area contributed by atoms with Crippen LogP contribution in [0.25, 0.3) is 0 Å². The summed E-state index contributed by atoms with van der Waals surface area (Å²) in [6, 6.07) is 8.36. The standard InChI is InChI=1S/C20H29N3O2/c1-3-12-25-18-8-4-6-16(13-18)14-23-10-5-7-17(15-23)19(24)20-21-9-11-22(20)2/h4,6,8-9,11,13,17,19,24H,3,5,7,10,12,14-15H2,1-2H3. The normalized spacial score (nSPS) is 19.7. The molecule has 0 radical (unpaired) electrons. The highest BCUT2D eigenvalue weighted by Gasteiger charge is 2.29. The number of imidazole rings is 1. The van der Waals surface area contributed by atoms with Crippen molar-refractivity contribution in [3.63, 3.8) is 0 Å². The lowest BCUT2D eigenvalue weighted by Gasteiger charge is -2.35. The van der Waals surface area contributed by atoms with Crippen LogP contribution in [-0.2, 0) is 13.6 Å². The Labute approximate surface area is 150 Å². The van der Waals surface area contributed by atoms with Crippen molar-refractivity contribution in [1.29, 1.82) is 0 Å². The van der Waals surface area contributed by atoms with E-state index in [4.69, 9.17) is 4.74 Å². The molecule has 2 atom stereocenters. The van der Waals surface area contributed by atoms with Crippen molar-refractivity contribution < 1.29 is 9.84 Å². The molecule has 1 saturated heterocycles. The topological polar surface area (TPSA) is 50.5 Å². The van der Waals surface area contributed by atoms with Gasteiger partial charge >= 0.3 is 0 Å². The second-order valence-corrected chi connectivity index (χ2v) is 6.97. The van der Waals surface area contributed by atoms with E-state index < -0.39 is 6.10 Å². The number of aliphatic hydroxyl groups is 1. The van der Waals surface area contributed by atoms with Crippen LogP contribution in [0.3, 0.4) is 0 Å². The van der Waals surface area contributed by atoms with Crippen molar-refractivity contribution in [1.82, 2.24) is 14.5 Å². The molecule has 0 amide bonds. The van der Waals surface area contributed by atoms with Crippen LogP contribution in [0, 0.1) is 5.92 Å². The summed E-state index contributed by atoms with van der Waals surface area (Å²) in [6.45, 7) is 5.74. The van der Waals surface area contributed by atoms with Gasteiger partial charge in [-0.25, -0.2) is 4.98 Å². The van der Waals surface area contributed by atoms with Crippen molar-refractivity contribution in [3.05, 3.63) is 48.0 Å². The monoisotopic (exact) mass is 343 g/mol. The first-order chi connectivity index (χ1) is 12.2. The first kappa shape index (κ1) is 18.0. The van der Waals surface area contributed by atoms with Gasteiger partial charge in [-0.15, -0.1) is 0 Å². The van der Waals surface area contributed by atoms with Crippen molar-refractivity contribution in [2.45, 2.75) is 38.8 Å². The Bertz CT molecular complexity index is 670. The molecule has 2 heterocycles. The Morgan fingerprint density at radius 3 is 3.04 bits per heavy atom. The minimum absolute atomic E-state index is 0.231. The van der Waals surface area contributed by atoms with Gasteiger partial charge in [0.25, 0.3) is 0 Å². The summed E-state index contributed by atoms with van der Waals surface area (Å²) in [6.07, 6.45) is 6.31. The Balaban J connectivity index is 1.61. The van der Waals surface area contributed by atoms with Crippen LogP contribution in [-0.4, -0.2) is 39.3 Å². The number of hydrogen-bond acceptors (Lipinski definition) is 4. The number of hydrogen-bond donors (Lipinski definition) is 1. The third-order valence-corrected chi connectivity index (χ3v) is 4.89. The van der Waals surface area contributed by atoms with Crippen LogP contribution in [0.1, 0.15) is 43.7 Å². The summed E-state index contributed by atoms with van der Waals surface area (Å²) in [5.74, 6) is 1.94. The molecule has 2 unspecified atom stereocenters. The largest absolute Gasteiger partial charge is 0.494 e. The number of aryl methyl sites for hydroxylation is 1. The molecular weight excluding hydrogens is 314 g/mol. The zero-order valence-electron chi connectivity index (χ0n) is 15.3. The van der Waals surface area contributed by atoms with Crippen LogP contribution in [0.15, 0.2) is 36.7 Å². The van der Waals surface area contributed by atoms with Gasteiger partial charge in [0.2, 0.25) is 0 Å². The molecule has 136 valence electrons. The average Bonchev–Trinajstić information content (AvgIpc) is 3.06. The lowest BCUT2D eigenvalue weighted by molar-refractivity contribution is 0.0404. The average molecular weight is 343 g/mol. The molecule has 0 spiro atoms. The number of likely N-dealkylation sites (tertiary alicyclic amines) is 1. The lowest BCUT2D eigenvalue weighted by Crippen LogP contribution is -2.37. The second-order valence-electron chi connectivity index (χ2n) is 6.97. The van der Waals surface area contributed by atoms with Gasteiger partial charge in [-0.05, 0) is 43.5 Å². The molecule has 1 aliphatic rings. The highest BCUT2D eigenvalue weighted by Crippen LogP contribution is 2.29. The molecule has 0 bridgehead atoms. The smallest absolute Gasteiger partial charge is 0.137 e. The van der Waals surface area contributed by atoms with Gasteiger partial charge in [0.05, 0.1) is 6.61 Å². The Morgan fingerprint density at radius 2 is 2.28 bits per heavy atom. The van der Waals surface area contributed by atoms with E-state index in [1.165, 1.54) is 5.56 Å².